The van der Waals surface area contributed by atoms with Gasteiger partial charge >= 0.3 is 24.4 Å². The van der Waals surface area contributed by atoms with E-state index < -0.39 is 30.0 Å². The van der Waals surface area contributed by atoms with Crippen molar-refractivity contribution in [3.05, 3.63) is 37.4 Å². The Bertz CT molecular complexity index is 954. The summed E-state index contributed by atoms with van der Waals surface area (Å²) in [6.45, 7) is 7.33. The molecule has 0 unspecified atom stereocenters. The summed E-state index contributed by atoms with van der Waals surface area (Å²) in [6.07, 6.45) is 7.63. The number of nitrogens with one attached hydrogen (secondary N) is 2. The lowest BCUT2D eigenvalue weighted by atomic mass is 10.2. The van der Waals surface area contributed by atoms with Crippen molar-refractivity contribution in [3.8, 4) is 0 Å². The molecular weight excluding hydrogens is 514 g/mol. The Labute approximate surface area is 226 Å². The Morgan fingerprint density at radius 3 is 1.64 bits per heavy atom. The Balaban J connectivity index is 1.64. The number of carbonyl (C=O) groups excluding carboxylic acids is 4. The smallest absolute Gasteiger partial charge is 0.419 e. The summed E-state index contributed by atoms with van der Waals surface area (Å²) >= 11 is 0. The molecular formula is C24H37N7O8. The number of hydrogen-bond donors (Lipinski definition) is 2. The zero-order valence-electron chi connectivity index (χ0n) is 22.5. The Hall–Kier alpha value is -4.14. The second-order valence-corrected chi connectivity index (χ2v) is 9.21. The molecule has 0 aliphatic heterocycles. The number of ether oxygens (including phenoxy) is 4. The van der Waals surface area contributed by atoms with E-state index >= 15 is 0 Å². The highest BCUT2D eigenvalue weighted by Gasteiger charge is 2.15. The number of imidazole rings is 2. The first kappa shape index (κ1) is 31.1. The van der Waals surface area contributed by atoms with Crippen molar-refractivity contribution in [2.45, 2.75) is 39.2 Å². The molecule has 2 rings (SSSR count). The number of hydrogen-bond acceptors (Lipinski definition) is 11. The first-order valence-corrected chi connectivity index (χ1v) is 12.5. The molecule has 0 spiro atoms. The average Bonchev–Trinajstić information content (AvgIpc) is 3.59. The summed E-state index contributed by atoms with van der Waals surface area (Å²) in [5.41, 5.74) is -0.555. The first-order valence-electron chi connectivity index (χ1n) is 12.5. The van der Waals surface area contributed by atoms with E-state index in [9.17, 15) is 19.2 Å². The lowest BCUT2D eigenvalue weighted by molar-refractivity contribution is 0.0526. The number of alkyl carbamates (subject to hydrolysis) is 2. The molecule has 15 heteroatoms. The van der Waals surface area contributed by atoms with Crippen molar-refractivity contribution in [3.63, 3.8) is 0 Å². The number of aromatic nitrogens is 4. The lowest BCUT2D eigenvalue weighted by Gasteiger charge is -2.22. The second-order valence-electron chi connectivity index (χ2n) is 9.21. The van der Waals surface area contributed by atoms with Crippen LogP contribution in [0.2, 0.25) is 0 Å². The van der Waals surface area contributed by atoms with Crippen molar-refractivity contribution in [2.75, 3.05) is 52.5 Å². The van der Waals surface area contributed by atoms with Gasteiger partial charge in [0.25, 0.3) is 0 Å². The highest BCUT2D eigenvalue weighted by Crippen LogP contribution is 2.06. The molecule has 0 aliphatic rings. The fraction of sp³-hybridized carbons (Fsp3) is 0.583. The van der Waals surface area contributed by atoms with Crippen molar-refractivity contribution < 1.29 is 38.1 Å². The average molecular weight is 552 g/mol. The minimum absolute atomic E-state index is 0.0655. The van der Waals surface area contributed by atoms with E-state index in [0.717, 1.165) is 0 Å². The molecule has 0 atom stereocenters. The van der Waals surface area contributed by atoms with Gasteiger partial charge in [0.2, 0.25) is 0 Å². The van der Waals surface area contributed by atoms with Crippen LogP contribution in [0.1, 0.15) is 33.6 Å². The number of unbranched alkanes of at least 4 members (excludes halogenated alkanes) is 1. The normalized spacial score (nSPS) is 11.1. The quantitative estimate of drug-likeness (QED) is 0.260. The standard InChI is InChI=1S/C24H37N7O8/c1-24(2,3)39-21(33)28-7-5-4-6-27-20(32)36-15-12-29(13-16-37-22(34)30-10-8-25-18-30)14-17-38-23(35)31-11-9-26-19-31/h8-11,18-19H,4-7,12-17H2,1-3H3,(H,27,32)(H,28,33). The van der Waals surface area contributed by atoms with Crippen LogP contribution in [0, 0.1) is 0 Å². The van der Waals surface area contributed by atoms with E-state index in [-0.39, 0.29) is 19.8 Å². The molecule has 0 bridgehead atoms. The lowest BCUT2D eigenvalue weighted by Crippen LogP contribution is -2.36. The predicted octanol–water partition coefficient (Wildman–Crippen LogP) is 2.08. The maximum absolute atomic E-state index is 12.0. The fourth-order valence-electron chi connectivity index (χ4n) is 3.01. The van der Waals surface area contributed by atoms with Crippen molar-refractivity contribution in [2.24, 2.45) is 0 Å². The molecule has 15 nitrogen and oxygen atoms in total. The van der Waals surface area contributed by atoms with E-state index in [0.29, 0.717) is 45.6 Å². The monoisotopic (exact) mass is 551 g/mol. The van der Waals surface area contributed by atoms with Gasteiger partial charge in [0.1, 0.15) is 38.1 Å². The third-order valence-corrected chi connectivity index (χ3v) is 4.88. The fourth-order valence-corrected chi connectivity index (χ4v) is 3.01. The van der Waals surface area contributed by atoms with Crippen molar-refractivity contribution in [1.29, 1.82) is 0 Å². The van der Waals surface area contributed by atoms with Gasteiger partial charge in [-0.25, -0.2) is 38.3 Å². The van der Waals surface area contributed by atoms with E-state index in [2.05, 4.69) is 20.6 Å². The van der Waals surface area contributed by atoms with Crippen LogP contribution in [0.3, 0.4) is 0 Å². The summed E-state index contributed by atoms with van der Waals surface area (Å²) in [7, 11) is 0. The number of carbonyl (C=O) groups is 4. The van der Waals surface area contributed by atoms with Crippen LogP contribution >= 0.6 is 0 Å². The number of rotatable bonds is 14. The van der Waals surface area contributed by atoms with Crippen molar-refractivity contribution >= 4 is 24.4 Å². The zero-order valence-corrected chi connectivity index (χ0v) is 22.5. The van der Waals surface area contributed by atoms with E-state index in [1.165, 1.54) is 46.6 Å². The molecule has 216 valence electrons. The van der Waals surface area contributed by atoms with Gasteiger partial charge in [-0.2, -0.15) is 0 Å². The van der Waals surface area contributed by atoms with Gasteiger partial charge < -0.3 is 29.6 Å². The first-order chi connectivity index (χ1) is 18.6. The Morgan fingerprint density at radius 1 is 0.744 bits per heavy atom. The van der Waals surface area contributed by atoms with Gasteiger partial charge in [-0.1, -0.05) is 0 Å². The summed E-state index contributed by atoms with van der Waals surface area (Å²) in [5, 5.41) is 5.31. The second kappa shape index (κ2) is 16.7. The highest BCUT2D eigenvalue weighted by molar-refractivity contribution is 5.70. The van der Waals surface area contributed by atoms with Crippen LogP contribution < -0.4 is 10.6 Å². The molecule has 39 heavy (non-hydrogen) atoms. The van der Waals surface area contributed by atoms with Crippen molar-refractivity contribution in [1.82, 2.24) is 34.6 Å². The predicted molar refractivity (Wildman–Crippen MR) is 137 cm³/mol. The molecule has 0 saturated heterocycles. The van der Waals surface area contributed by atoms with Crippen LogP contribution in [-0.4, -0.2) is 107 Å². The molecule has 2 amide bonds. The SMILES string of the molecule is CC(C)(C)OC(=O)NCCCCNC(=O)OCCN(CCOC(=O)n1ccnc1)CCOC(=O)n1ccnc1. The molecule has 0 saturated carbocycles. The molecule has 2 N–H and O–H groups in total. The van der Waals surface area contributed by atoms with E-state index in [1.54, 1.807) is 20.8 Å². The molecule has 0 aromatic carbocycles. The van der Waals surface area contributed by atoms with E-state index in [4.69, 9.17) is 18.9 Å². The largest absolute Gasteiger partial charge is 0.448 e. The number of amides is 2. The van der Waals surface area contributed by atoms with Gasteiger partial charge in [-0.05, 0) is 33.6 Å². The molecule has 0 aliphatic carbocycles. The van der Waals surface area contributed by atoms with Crippen LogP contribution in [0.5, 0.6) is 0 Å². The highest BCUT2D eigenvalue weighted by atomic mass is 16.6. The third-order valence-electron chi connectivity index (χ3n) is 4.88. The van der Waals surface area contributed by atoms with Crippen LogP contribution in [0.25, 0.3) is 0 Å². The Morgan fingerprint density at radius 2 is 1.21 bits per heavy atom. The van der Waals surface area contributed by atoms with Gasteiger partial charge in [-0.15, -0.1) is 0 Å². The van der Waals surface area contributed by atoms with Gasteiger partial charge in [-0.3, -0.25) is 4.90 Å². The number of nitrogens with zero attached hydrogens (tertiary/aromatic N) is 5. The van der Waals surface area contributed by atoms with Crippen LogP contribution in [0.15, 0.2) is 37.4 Å². The van der Waals surface area contributed by atoms with E-state index in [1.807, 2.05) is 4.90 Å². The zero-order chi connectivity index (χ0) is 28.5. The third kappa shape index (κ3) is 13.8. The topological polar surface area (TPSA) is 168 Å². The minimum Gasteiger partial charge on any atom is -0.448 e. The summed E-state index contributed by atoms with van der Waals surface area (Å²) in [5.74, 6) is 0. The van der Waals surface area contributed by atoms with Crippen LogP contribution in [-0.2, 0) is 18.9 Å². The summed E-state index contributed by atoms with van der Waals surface area (Å²) in [6, 6.07) is 0. The molecule has 0 radical (unpaired) electrons. The summed E-state index contributed by atoms with van der Waals surface area (Å²) in [4.78, 5) is 57.0. The van der Waals surface area contributed by atoms with Gasteiger partial charge in [0, 0.05) is 57.5 Å². The van der Waals surface area contributed by atoms with Gasteiger partial charge in [0.15, 0.2) is 0 Å². The molecule has 2 aromatic rings. The maximum atomic E-state index is 12.0. The van der Waals surface area contributed by atoms with Crippen LogP contribution in [0.4, 0.5) is 19.2 Å². The Kier molecular flexibility index (Phi) is 13.3. The summed E-state index contributed by atoms with van der Waals surface area (Å²) < 4.78 is 23.2. The molecule has 2 aromatic heterocycles. The minimum atomic E-state index is -0.576. The molecule has 0 fully saturated rings. The van der Waals surface area contributed by atoms with Gasteiger partial charge in [0.05, 0.1) is 0 Å². The molecule has 2 heterocycles. The maximum Gasteiger partial charge on any atom is 0.419 e.